The summed E-state index contributed by atoms with van der Waals surface area (Å²) in [5, 5.41) is 12.2. The van der Waals surface area contributed by atoms with Crippen LogP contribution in [0, 0.1) is 11.3 Å². The van der Waals surface area contributed by atoms with Crippen molar-refractivity contribution in [1.82, 2.24) is 4.98 Å². The number of rotatable bonds is 6. The van der Waals surface area contributed by atoms with E-state index in [1.54, 1.807) is 14.2 Å². The van der Waals surface area contributed by atoms with Gasteiger partial charge in [0.05, 0.1) is 25.5 Å². The number of allylic oxidation sites excluding steroid dienone is 3. The first-order valence-electron chi connectivity index (χ1n) is 8.68. The van der Waals surface area contributed by atoms with Gasteiger partial charge in [-0.1, -0.05) is 36.4 Å². The largest absolute Gasteiger partial charge is 0.493 e. The van der Waals surface area contributed by atoms with Crippen LogP contribution >= 0.6 is 11.3 Å². The number of methoxy groups -OCH3 is 2. The van der Waals surface area contributed by atoms with Crippen LogP contribution in [0.2, 0.25) is 0 Å². The molecule has 0 spiro atoms. The predicted molar refractivity (Wildman–Crippen MR) is 114 cm³/mol. The van der Waals surface area contributed by atoms with Crippen molar-refractivity contribution < 1.29 is 9.47 Å². The number of hydrogen-bond donors (Lipinski definition) is 0. The molecule has 0 atom stereocenters. The molecule has 0 N–H and O–H groups in total. The molecule has 1 heterocycles. The van der Waals surface area contributed by atoms with Crippen molar-refractivity contribution >= 4 is 23.0 Å². The van der Waals surface area contributed by atoms with Gasteiger partial charge in [-0.2, -0.15) is 5.26 Å². The molecule has 0 fully saturated rings. The first-order valence-corrected chi connectivity index (χ1v) is 9.56. The first-order chi connectivity index (χ1) is 13.6. The summed E-state index contributed by atoms with van der Waals surface area (Å²) in [5.74, 6) is 1.31. The minimum Gasteiger partial charge on any atom is -0.493 e. The van der Waals surface area contributed by atoms with Crippen LogP contribution in [0.3, 0.4) is 0 Å². The van der Waals surface area contributed by atoms with Crippen LogP contribution in [-0.4, -0.2) is 19.2 Å². The van der Waals surface area contributed by atoms with Crippen molar-refractivity contribution in [3.63, 3.8) is 0 Å². The normalized spacial score (nSPS) is 11.8. The minimum absolute atomic E-state index is 0.543. The van der Waals surface area contributed by atoms with E-state index in [-0.39, 0.29) is 0 Å². The summed E-state index contributed by atoms with van der Waals surface area (Å²) in [4.78, 5) is 4.65. The molecular formula is C23H20N2O2S. The third-order valence-electron chi connectivity index (χ3n) is 4.10. The minimum atomic E-state index is 0.543. The molecular weight excluding hydrogens is 368 g/mol. The van der Waals surface area contributed by atoms with Gasteiger partial charge in [0.1, 0.15) is 11.1 Å². The molecule has 0 aliphatic heterocycles. The number of hydrogen-bond acceptors (Lipinski definition) is 5. The summed E-state index contributed by atoms with van der Waals surface area (Å²) >= 11 is 1.45. The second-order valence-corrected chi connectivity index (χ2v) is 6.93. The summed E-state index contributed by atoms with van der Waals surface area (Å²) in [7, 11) is 3.21. The van der Waals surface area contributed by atoms with Gasteiger partial charge in [0.2, 0.25) is 0 Å². The molecule has 2 aromatic carbocycles. The topological polar surface area (TPSA) is 55.1 Å². The SMILES string of the molecule is COc1ccc(-c2csc(C(C#N)=CC(C)=Cc3ccccc3)n2)cc1OC. The average molecular weight is 388 g/mol. The zero-order chi connectivity index (χ0) is 19.9. The molecule has 0 aliphatic carbocycles. The monoisotopic (exact) mass is 388 g/mol. The average Bonchev–Trinajstić information content (AvgIpc) is 3.22. The Hall–Kier alpha value is -3.36. The van der Waals surface area contributed by atoms with Crippen molar-refractivity contribution in [2.45, 2.75) is 6.92 Å². The third-order valence-corrected chi connectivity index (χ3v) is 4.98. The predicted octanol–water partition coefficient (Wildman–Crippen LogP) is 5.84. The molecule has 140 valence electrons. The highest BCUT2D eigenvalue weighted by Crippen LogP contribution is 2.33. The molecule has 0 bridgehead atoms. The van der Waals surface area contributed by atoms with Crippen LogP contribution in [0.15, 0.2) is 65.6 Å². The smallest absolute Gasteiger partial charge is 0.161 e. The highest BCUT2D eigenvalue weighted by atomic mass is 32.1. The molecule has 0 aliphatic rings. The van der Waals surface area contributed by atoms with E-state index in [2.05, 4.69) is 11.1 Å². The van der Waals surface area contributed by atoms with E-state index in [9.17, 15) is 5.26 Å². The molecule has 3 rings (SSSR count). The quantitative estimate of drug-likeness (QED) is 0.393. The summed E-state index contributed by atoms with van der Waals surface area (Å²) in [6.07, 6.45) is 3.91. The Balaban J connectivity index is 1.89. The number of nitrogens with zero attached hydrogens (tertiary/aromatic N) is 2. The fourth-order valence-electron chi connectivity index (χ4n) is 2.75. The van der Waals surface area contributed by atoms with Gasteiger partial charge in [-0.15, -0.1) is 11.3 Å². The van der Waals surface area contributed by atoms with E-state index in [1.807, 2.05) is 73.0 Å². The van der Waals surface area contributed by atoms with Gasteiger partial charge in [0.25, 0.3) is 0 Å². The Morgan fingerprint density at radius 3 is 2.50 bits per heavy atom. The van der Waals surface area contributed by atoms with E-state index in [4.69, 9.17) is 9.47 Å². The van der Waals surface area contributed by atoms with E-state index < -0.39 is 0 Å². The Kier molecular flexibility index (Phi) is 6.25. The van der Waals surface area contributed by atoms with Crippen molar-refractivity contribution in [3.8, 4) is 28.8 Å². The number of benzene rings is 2. The second kappa shape index (κ2) is 9.03. The van der Waals surface area contributed by atoms with Gasteiger partial charge in [-0.3, -0.25) is 0 Å². The lowest BCUT2D eigenvalue weighted by Gasteiger charge is -2.08. The maximum Gasteiger partial charge on any atom is 0.161 e. The second-order valence-electron chi connectivity index (χ2n) is 6.08. The van der Waals surface area contributed by atoms with E-state index in [0.29, 0.717) is 22.1 Å². The van der Waals surface area contributed by atoms with Crippen LogP contribution in [0.25, 0.3) is 22.9 Å². The third kappa shape index (κ3) is 4.48. The lowest BCUT2D eigenvalue weighted by atomic mass is 10.1. The van der Waals surface area contributed by atoms with Crippen molar-refractivity contribution in [2.75, 3.05) is 14.2 Å². The van der Waals surface area contributed by atoms with Crippen molar-refractivity contribution in [3.05, 3.63) is 76.1 Å². The Morgan fingerprint density at radius 2 is 1.82 bits per heavy atom. The van der Waals surface area contributed by atoms with E-state index in [0.717, 1.165) is 22.4 Å². The number of thiazole rings is 1. The van der Waals surface area contributed by atoms with Crippen LogP contribution in [-0.2, 0) is 0 Å². The van der Waals surface area contributed by atoms with Crippen LogP contribution < -0.4 is 9.47 Å². The summed E-state index contributed by atoms with van der Waals surface area (Å²) in [6, 6.07) is 17.9. The molecule has 28 heavy (non-hydrogen) atoms. The number of ether oxygens (including phenoxy) is 2. The standard InChI is InChI=1S/C23H20N2O2S/c1-16(11-17-7-5-4-6-8-17)12-19(14-24)23-25-20(15-28-23)18-9-10-21(26-2)22(13-18)27-3/h4-13,15H,1-3H3. The fraction of sp³-hybridized carbons (Fsp3) is 0.130. The molecule has 0 radical (unpaired) electrons. The van der Waals surface area contributed by atoms with Gasteiger partial charge in [0.15, 0.2) is 11.5 Å². The molecule has 0 saturated carbocycles. The zero-order valence-corrected chi connectivity index (χ0v) is 16.8. The van der Waals surface area contributed by atoms with Gasteiger partial charge < -0.3 is 9.47 Å². The van der Waals surface area contributed by atoms with Crippen molar-refractivity contribution in [2.24, 2.45) is 0 Å². The lowest BCUT2D eigenvalue weighted by Crippen LogP contribution is -1.91. The maximum absolute atomic E-state index is 9.61. The Labute approximate surface area is 169 Å². The molecule has 0 unspecified atom stereocenters. The van der Waals surface area contributed by atoms with Crippen LogP contribution in [0.5, 0.6) is 11.5 Å². The van der Waals surface area contributed by atoms with Crippen LogP contribution in [0.4, 0.5) is 0 Å². The van der Waals surface area contributed by atoms with Crippen LogP contribution in [0.1, 0.15) is 17.5 Å². The first kappa shape index (κ1) is 19.4. The number of aromatic nitrogens is 1. The van der Waals surface area contributed by atoms with E-state index in [1.165, 1.54) is 11.3 Å². The van der Waals surface area contributed by atoms with E-state index >= 15 is 0 Å². The highest BCUT2D eigenvalue weighted by molar-refractivity contribution is 7.11. The van der Waals surface area contributed by atoms with Gasteiger partial charge >= 0.3 is 0 Å². The molecule has 0 saturated heterocycles. The Bertz CT molecular complexity index is 1060. The number of nitriles is 1. The van der Waals surface area contributed by atoms with Gasteiger partial charge in [-0.05, 0) is 42.3 Å². The molecule has 5 heteroatoms. The van der Waals surface area contributed by atoms with Gasteiger partial charge in [-0.25, -0.2) is 4.98 Å². The zero-order valence-electron chi connectivity index (χ0n) is 16.0. The highest BCUT2D eigenvalue weighted by Gasteiger charge is 2.11. The molecule has 0 amide bonds. The van der Waals surface area contributed by atoms with Crippen molar-refractivity contribution in [1.29, 1.82) is 5.26 Å². The summed E-state index contributed by atoms with van der Waals surface area (Å²) in [6.45, 7) is 1.98. The molecule has 4 nitrogen and oxygen atoms in total. The maximum atomic E-state index is 9.61. The molecule has 1 aromatic heterocycles. The summed E-state index contributed by atoms with van der Waals surface area (Å²) in [5.41, 5.74) is 4.34. The summed E-state index contributed by atoms with van der Waals surface area (Å²) < 4.78 is 10.6. The lowest BCUT2D eigenvalue weighted by molar-refractivity contribution is 0.355. The molecule has 3 aromatic rings. The fourth-order valence-corrected chi connectivity index (χ4v) is 3.54. The Morgan fingerprint density at radius 1 is 1.07 bits per heavy atom. The van der Waals surface area contributed by atoms with Gasteiger partial charge in [0, 0.05) is 10.9 Å².